The van der Waals surface area contributed by atoms with Crippen molar-refractivity contribution in [2.24, 2.45) is 0 Å². The van der Waals surface area contributed by atoms with Gasteiger partial charge in [0, 0.05) is 20.1 Å². The molecule has 8 heteroatoms. The standard InChI is InChI=1S/C15H22N2O5S/c1-3-23(21,22)17(2)9-5-8-16-14(18)11-12-6-4-7-13(10-12)15(19)20/h4,6-7,10H,3,5,8-9,11H2,1-2H3,(H,16,18)(H,19,20). The summed E-state index contributed by atoms with van der Waals surface area (Å²) in [5.41, 5.74) is 0.759. The van der Waals surface area contributed by atoms with Gasteiger partial charge in [-0.15, -0.1) is 0 Å². The van der Waals surface area contributed by atoms with Crippen LogP contribution in [0.25, 0.3) is 0 Å². The quantitative estimate of drug-likeness (QED) is 0.644. The first-order valence-electron chi connectivity index (χ1n) is 7.29. The Bertz CT molecular complexity index is 658. The average molecular weight is 342 g/mol. The third-order valence-electron chi connectivity index (χ3n) is 3.35. The van der Waals surface area contributed by atoms with Crippen molar-refractivity contribution in [2.75, 3.05) is 25.9 Å². The van der Waals surface area contributed by atoms with Crippen molar-refractivity contribution < 1.29 is 23.1 Å². The summed E-state index contributed by atoms with van der Waals surface area (Å²) in [4.78, 5) is 22.7. The second-order valence-corrected chi connectivity index (χ2v) is 7.47. The molecule has 0 radical (unpaired) electrons. The summed E-state index contributed by atoms with van der Waals surface area (Å²) in [6.45, 7) is 2.28. The molecule has 1 rings (SSSR count). The molecular formula is C15H22N2O5S. The highest BCUT2D eigenvalue weighted by Gasteiger charge is 2.14. The van der Waals surface area contributed by atoms with Crippen LogP contribution in [0.15, 0.2) is 24.3 Å². The zero-order valence-corrected chi connectivity index (χ0v) is 14.1. The first-order valence-corrected chi connectivity index (χ1v) is 8.90. The van der Waals surface area contributed by atoms with Gasteiger partial charge >= 0.3 is 5.97 Å². The average Bonchev–Trinajstić information content (AvgIpc) is 2.51. The summed E-state index contributed by atoms with van der Waals surface area (Å²) in [6.07, 6.45) is 0.598. The maximum absolute atomic E-state index is 11.8. The number of carboxylic acid groups (broad SMARTS) is 1. The second-order valence-electron chi connectivity index (χ2n) is 5.11. The van der Waals surface area contributed by atoms with Gasteiger partial charge in [-0.25, -0.2) is 17.5 Å². The normalized spacial score (nSPS) is 11.4. The molecule has 0 aliphatic heterocycles. The molecule has 0 unspecified atom stereocenters. The van der Waals surface area contributed by atoms with Crippen LogP contribution in [0, 0.1) is 0 Å². The van der Waals surface area contributed by atoms with E-state index >= 15 is 0 Å². The van der Waals surface area contributed by atoms with Crippen LogP contribution in [0.4, 0.5) is 0 Å². The van der Waals surface area contributed by atoms with Gasteiger partial charge in [-0.05, 0) is 31.0 Å². The van der Waals surface area contributed by atoms with Crippen LogP contribution in [-0.4, -0.2) is 55.6 Å². The Balaban J connectivity index is 2.38. The Labute approximate surface area is 136 Å². The van der Waals surface area contributed by atoms with E-state index in [0.29, 0.717) is 25.1 Å². The number of nitrogens with one attached hydrogen (secondary N) is 1. The molecular weight excluding hydrogens is 320 g/mol. The van der Waals surface area contributed by atoms with E-state index in [-0.39, 0.29) is 23.6 Å². The van der Waals surface area contributed by atoms with Gasteiger partial charge in [0.05, 0.1) is 17.7 Å². The molecule has 0 atom stereocenters. The van der Waals surface area contributed by atoms with Crippen molar-refractivity contribution in [2.45, 2.75) is 19.8 Å². The van der Waals surface area contributed by atoms with Gasteiger partial charge in [0.2, 0.25) is 15.9 Å². The molecule has 0 aromatic heterocycles. The van der Waals surface area contributed by atoms with Crippen molar-refractivity contribution in [3.8, 4) is 0 Å². The number of sulfonamides is 1. The lowest BCUT2D eigenvalue weighted by molar-refractivity contribution is -0.120. The van der Waals surface area contributed by atoms with E-state index in [9.17, 15) is 18.0 Å². The second kappa shape index (κ2) is 8.64. The number of hydrogen-bond donors (Lipinski definition) is 2. The molecule has 0 spiro atoms. The van der Waals surface area contributed by atoms with Crippen LogP contribution in [0.1, 0.15) is 29.3 Å². The van der Waals surface area contributed by atoms with Crippen LogP contribution in [-0.2, 0) is 21.2 Å². The maximum Gasteiger partial charge on any atom is 0.335 e. The molecule has 0 bridgehead atoms. The fourth-order valence-electron chi connectivity index (χ4n) is 1.95. The number of carbonyl (C=O) groups excluding carboxylic acids is 1. The molecule has 0 aliphatic rings. The Morgan fingerprint density at radius 2 is 2.00 bits per heavy atom. The lowest BCUT2D eigenvalue weighted by Crippen LogP contribution is -2.32. The number of amides is 1. The molecule has 0 aliphatic carbocycles. The van der Waals surface area contributed by atoms with Gasteiger partial charge in [0.1, 0.15) is 0 Å². The summed E-state index contributed by atoms with van der Waals surface area (Å²) in [6, 6.07) is 6.21. The summed E-state index contributed by atoms with van der Waals surface area (Å²) in [7, 11) is -1.68. The number of hydrogen-bond acceptors (Lipinski definition) is 4. The third kappa shape index (κ3) is 6.37. The first kappa shape index (κ1) is 19.1. The number of benzene rings is 1. The van der Waals surface area contributed by atoms with Crippen molar-refractivity contribution in [3.05, 3.63) is 35.4 Å². The highest BCUT2D eigenvalue weighted by atomic mass is 32.2. The number of aromatic carboxylic acids is 1. The van der Waals surface area contributed by atoms with Crippen LogP contribution < -0.4 is 5.32 Å². The zero-order chi connectivity index (χ0) is 17.5. The number of rotatable bonds is 9. The Morgan fingerprint density at radius 3 is 2.61 bits per heavy atom. The SMILES string of the molecule is CCS(=O)(=O)N(C)CCCNC(=O)Cc1cccc(C(=O)O)c1. The topological polar surface area (TPSA) is 104 Å². The van der Waals surface area contributed by atoms with Gasteiger partial charge in [0.25, 0.3) is 0 Å². The van der Waals surface area contributed by atoms with E-state index in [1.807, 2.05) is 0 Å². The van der Waals surface area contributed by atoms with Gasteiger partial charge < -0.3 is 10.4 Å². The Hall–Kier alpha value is -1.93. The first-order chi connectivity index (χ1) is 10.8. The van der Waals surface area contributed by atoms with Crippen molar-refractivity contribution >= 4 is 21.9 Å². The van der Waals surface area contributed by atoms with Crippen molar-refractivity contribution in [3.63, 3.8) is 0 Å². The minimum absolute atomic E-state index is 0.0514. The molecule has 0 saturated heterocycles. The van der Waals surface area contributed by atoms with E-state index in [2.05, 4.69) is 5.32 Å². The predicted molar refractivity (Wildman–Crippen MR) is 86.8 cm³/mol. The summed E-state index contributed by atoms with van der Waals surface area (Å²) >= 11 is 0. The van der Waals surface area contributed by atoms with E-state index < -0.39 is 16.0 Å². The van der Waals surface area contributed by atoms with Crippen LogP contribution in [0.2, 0.25) is 0 Å². The van der Waals surface area contributed by atoms with E-state index in [4.69, 9.17) is 5.11 Å². The van der Waals surface area contributed by atoms with Crippen LogP contribution in [0.3, 0.4) is 0 Å². The Morgan fingerprint density at radius 1 is 1.30 bits per heavy atom. The molecule has 0 fully saturated rings. The Kier molecular flexibility index (Phi) is 7.18. The monoisotopic (exact) mass is 342 g/mol. The summed E-state index contributed by atoms with van der Waals surface area (Å²) in [5.74, 6) is -1.21. The summed E-state index contributed by atoms with van der Waals surface area (Å²) in [5, 5.41) is 11.6. The minimum atomic E-state index is -3.20. The molecule has 0 heterocycles. The number of carbonyl (C=O) groups is 2. The van der Waals surface area contributed by atoms with E-state index in [1.165, 1.54) is 23.5 Å². The summed E-state index contributed by atoms with van der Waals surface area (Å²) < 4.78 is 24.4. The molecule has 1 amide bonds. The van der Waals surface area contributed by atoms with E-state index in [1.54, 1.807) is 19.1 Å². The number of carboxylic acids is 1. The maximum atomic E-state index is 11.8. The lowest BCUT2D eigenvalue weighted by atomic mass is 10.1. The van der Waals surface area contributed by atoms with Crippen molar-refractivity contribution in [1.29, 1.82) is 0 Å². The van der Waals surface area contributed by atoms with E-state index in [0.717, 1.165) is 0 Å². The zero-order valence-electron chi connectivity index (χ0n) is 13.3. The van der Waals surface area contributed by atoms with Gasteiger partial charge in [-0.3, -0.25) is 4.79 Å². The highest BCUT2D eigenvalue weighted by molar-refractivity contribution is 7.89. The molecule has 0 saturated carbocycles. The minimum Gasteiger partial charge on any atom is -0.478 e. The predicted octanol–water partition coefficient (Wildman–Crippen LogP) is 0.715. The fraction of sp³-hybridized carbons (Fsp3) is 0.467. The van der Waals surface area contributed by atoms with Gasteiger partial charge in [-0.2, -0.15) is 0 Å². The van der Waals surface area contributed by atoms with Gasteiger partial charge in [-0.1, -0.05) is 12.1 Å². The molecule has 128 valence electrons. The smallest absolute Gasteiger partial charge is 0.335 e. The highest BCUT2D eigenvalue weighted by Crippen LogP contribution is 2.06. The van der Waals surface area contributed by atoms with Crippen LogP contribution >= 0.6 is 0 Å². The van der Waals surface area contributed by atoms with Crippen molar-refractivity contribution in [1.82, 2.24) is 9.62 Å². The molecule has 1 aromatic carbocycles. The fourth-order valence-corrected chi connectivity index (χ4v) is 2.80. The number of nitrogens with zero attached hydrogens (tertiary/aromatic N) is 1. The molecule has 2 N–H and O–H groups in total. The largest absolute Gasteiger partial charge is 0.478 e. The molecule has 23 heavy (non-hydrogen) atoms. The molecule has 1 aromatic rings. The molecule has 7 nitrogen and oxygen atoms in total. The van der Waals surface area contributed by atoms with Gasteiger partial charge in [0.15, 0.2) is 0 Å². The lowest BCUT2D eigenvalue weighted by Gasteiger charge is -2.15. The van der Waals surface area contributed by atoms with Crippen LogP contribution in [0.5, 0.6) is 0 Å². The third-order valence-corrected chi connectivity index (χ3v) is 5.21.